The van der Waals surface area contributed by atoms with Crippen molar-refractivity contribution < 1.29 is 18.4 Å². The Hall–Kier alpha value is -2.74. The van der Waals surface area contributed by atoms with Crippen molar-refractivity contribution in [1.82, 2.24) is 15.5 Å². The number of benzene rings is 1. The first kappa shape index (κ1) is 18.1. The molecule has 0 saturated heterocycles. The monoisotopic (exact) mass is 373 g/mol. The number of aromatic nitrogens is 2. The summed E-state index contributed by atoms with van der Waals surface area (Å²) < 4.78 is 15.9. The van der Waals surface area contributed by atoms with Crippen LogP contribution in [0.15, 0.2) is 50.7 Å². The lowest BCUT2D eigenvalue weighted by Gasteiger charge is -2.10. The van der Waals surface area contributed by atoms with Crippen LogP contribution in [0, 0.1) is 6.92 Å². The minimum Gasteiger partial charge on any atom is -0.497 e. The van der Waals surface area contributed by atoms with Crippen LogP contribution in [0.3, 0.4) is 0 Å². The minimum atomic E-state index is -0.369. The van der Waals surface area contributed by atoms with Crippen LogP contribution in [0.4, 0.5) is 0 Å². The van der Waals surface area contributed by atoms with Gasteiger partial charge in [0.15, 0.2) is 0 Å². The van der Waals surface area contributed by atoms with E-state index >= 15 is 0 Å². The van der Waals surface area contributed by atoms with Crippen LogP contribution in [-0.2, 0) is 11.3 Å². The van der Waals surface area contributed by atoms with Crippen molar-refractivity contribution in [3.05, 3.63) is 47.9 Å². The van der Waals surface area contributed by atoms with Crippen LogP contribution in [0.25, 0.3) is 11.5 Å². The SMILES string of the molecule is COc1ccc(CNC(=O)C(C)Sc2nnc(-c3ccoc3C)o2)cc1. The highest BCUT2D eigenvalue weighted by atomic mass is 32.2. The maximum atomic E-state index is 12.3. The number of methoxy groups -OCH3 is 1. The van der Waals surface area contributed by atoms with Gasteiger partial charge in [-0.25, -0.2) is 0 Å². The Morgan fingerprint density at radius 3 is 2.69 bits per heavy atom. The van der Waals surface area contributed by atoms with Crippen LogP contribution < -0.4 is 10.1 Å². The molecule has 8 heteroatoms. The average molecular weight is 373 g/mol. The van der Waals surface area contributed by atoms with Crippen LogP contribution in [0.5, 0.6) is 5.75 Å². The van der Waals surface area contributed by atoms with Crippen LogP contribution in [0.2, 0.25) is 0 Å². The van der Waals surface area contributed by atoms with Gasteiger partial charge in [0.05, 0.1) is 24.2 Å². The Labute approximate surface area is 155 Å². The van der Waals surface area contributed by atoms with Crippen molar-refractivity contribution in [2.24, 2.45) is 0 Å². The molecule has 1 unspecified atom stereocenters. The molecule has 0 fully saturated rings. The predicted molar refractivity (Wildman–Crippen MR) is 96.9 cm³/mol. The van der Waals surface area contributed by atoms with Gasteiger partial charge in [0.25, 0.3) is 11.1 Å². The molecule has 0 saturated carbocycles. The standard InChI is InChI=1S/C18H19N3O4S/c1-11-15(8-9-24-11)17-20-21-18(25-17)26-12(2)16(22)19-10-13-4-6-14(23-3)7-5-13/h4-9,12H,10H2,1-3H3,(H,19,22). The number of carbonyl (C=O) groups is 1. The number of aryl methyl sites for hydroxylation is 1. The lowest BCUT2D eigenvalue weighted by Crippen LogP contribution is -2.30. The Morgan fingerprint density at radius 2 is 2.04 bits per heavy atom. The number of carbonyl (C=O) groups excluding carboxylic acids is 1. The molecule has 0 spiro atoms. The smallest absolute Gasteiger partial charge is 0.277 e. The quantitative estimate of drug-likeness (QED) is 0.634. The molecule has 26 heavy (non-hydrogen) atoms. The van der Waals surface area contributed by atoms with Crippen molar-refractivity contribution in [2.75, 3.05) is 7.11 Å². The average Bonchev–Trinajstić information content (AvgIpc) is 3.28. The van der Waals surface area contributed by atoms with Gasteiger partial charge in [-0.15, -0.1) is 10.2 Å². The van der Waals surface area contributed by atoms with Gasteiger partial charge in [-0.05, 0) is 37.6 Å². The molecule has 1 aromatic carbocycles. The summed E-state index contributed by atoms with van der Waals surface area (Å²) in [5.74, 6) is 1.76. The number of hydrogen-bond acceptors (Lipinski definition) is 7. The fourth-order valence-corrected chi connectivity index (χ4v) is 2.96. The predicted octanol–water partition coefficient (Wildman–Crippen LogP) is 3.44. The van der Waals surface area contributed by atoms with Gasteiger partial charge in [-0.1, -0.05) is 23.9 Å². The summed E-state index contributed by atoms with van der Waals surface area (Å²) in [7, 11) is 1.62. The number of furan rings is 1. The Bertz CT molecular complexity index is 873. The third kappa shape index (κ3) is 4.26. The van der Waals surface area contributed by atoms with E-state index in [9.17, 15) is 4.79 Å². The van der Waals surface area contributed by atoms with Gasteiger partial charge >= 0.3 is 0 Å². The third-order valence-corrected chi connectivity index (χ3v) is 4.70. The first-order chi connectivity index (χ1) is 12.6. The number of amides is 1. The third-order valence-electron chi connectivity index (χ3n) is 3.77. The molecule has 0 radical (unpaired) electrons. The normalized spacial score (nSPS) is 12.0. The van der Waals surface area contributed by atoms with Gasteiger partial charge < -0.3 is 18.9 Å². The van der Waals surface area contributed by atoms with Crippen LogP contribution in [-0.4, -0.2) is 28.5 Å². The molecule has 136 valence electrons. The van der Waals surface area contributed by atoms with E-state index < -0.39 is 0 Å². The largest absolute Gasteiger partial charge is 0.497 e. The fraction of sp³-hybridized carbons (Fsp3) is 0.278. The Balaban J connectivity index is 1.54. The zero-order chi connectivity index (χ0) is 18.5. The summed E-state index contributed by atoms with van der Waals surface area (Å²) in [4.78, 5) is 12.3. The van der Waals surface area contributed by atoms with E-state index in [4.69, 9.17) is 13.6 Å². The number of ether oxygens (including phenoxy) is 1. The van der Waals surface area contributed by atoms with E-state index in [1.807, 2.05) is 31.2 Å². The summed E-state index contributed by atoms with van der Waals surface area (Å²) in [5, 5.41) is 10.9. The summed E-state index contributed by atoms with van der Waals surface area (Å²) in [6.45, 7) is 4.06. The second-order valence-corrected chi connectivity index (χ2v) is 6.88. The molecule has 7 nitrogen and oxygen atoms in total. The molecule has 2 heterocycles. The van der Waals surface area contributed by atoms with Crippen LogP contribution >= 0.6 is 11.8 Å². The maximum Gasteiger partial charge on any atom is 0.277 e. The number of nitrogens with one attached hydrogen (secondary N) is 1. The molecule has 3 rings (SSSR count). The van der Waals surface area contributed by atoms with E-state index in [1.165, 1.54) is 11.8 Å². The maximum absolute atomic E-state index is 12.3. The van der Waals surface area contributed by atoms with Crippen molar-refractivity contribution >= 4 is 17.7 Å². The summed E-state index contributed by atoms with van der Waals surface area (Å²) >= 11 is 1.21. The van der Waals surface area contributed by atoms with Crippen molar-refractivity contribution in [3.8, 4) is 17.2 Å². The fourth-order valence-electron chi connectivity index (χ4n) is 2.25. The number of hydrogen-bond donors (Lipinski definition) is 1. The lowest BCUT2D eigenvalue weighted by molar-refractivity contribution is -0.120. The van der Waals surface area contributed by atoms with E-state index in [0.29, 0.717) is 23.4 Å². The highest BCUT2D eigenvalue weighted by molar-refractivity contribution is 8.00. The second-order valence-electron chi connectivity index (χ2n) is 5.59. The van der Waals surface area contributed by atoms with Crippen molar-refractivity contribution in [3.63, 3.8) is 0 Å². The minimum absolute atomic E-state index is 0.106. The highest BCUT2D eigenvalue weighted by Crippen LogP contribution is 2.28. The van der Waals surface area contributed by atoms with Gasteiger partial charge in [-0.3, -0.25) is 4.79 Å². The first-order valence-electron chi connectivity index (χ1n) is 8.02. The molecule has 1 amide bonds. The van der Waals surface area contributed by atoms with E-state index in [0.717, 1.165) is 16.9 Å². The molecule has 0 aliphatic heterocycles. The molecule has 0 aliphatic rings. The van der Waals surface area contributed by atoms with Crippen molar-refractivity contribution in [2.45, 2.75) is 30.9 Å². The topological polar surface area (TPSA) is 90.4 Å². The first-order valence-corrected chi connectivity index (χ1v) is 8.90. The zero-order valence-electron chi connectivity index (χ0n) is 14.7. The van der Waals surface area contributed by atoms with Gasteiger partial charge in [0.2, 0.25) is 5.91 Å². The molecule has 2 aromatic heterocycles. The van der Waals surface area contributed by atoms with Crippen LogP contribution in [0.1, 0.15) is 18.2 Å². The molecular weight excluding hydrogens is 354 g/mol. The molecule has 1 atom stereocenters. The summed E-state index contributed by atoms with van der Waals surface area (Å²) in [5.41, 5.74) is 1.74. The highest BCUT2D eigenvalue weighted by Gasteiger charge is 2.19. The van der Waals surface area contributed by atoms with E-state index in [1.54, 1.807) is 26.4 Å². The Morgan fingerprint density at radius 1 is 1.27 bits per heavy atom. The van der Waals surface area contributed by atoms with Crippen molar-refractivity contribution in [1.29, 1.82) is 0 Å². The zero-order valence-corrected chi connectivity index (χ0v) is 15.5. The lowest BCUT2D eigenvalue weighted by atomic mass is 10.2. The second kappa shape index (κ2) is 8.09. The number of thioether (sulfide) groups is 1. The summed E-state index contributed by atoms with van der Waals surface area (Å²) in [6, 6.07) is 9.31. The van der Waals surface area contributed by atoms with Gasteiger partial charge in [0, 0.05) is 6.54 Å². The molecular formula is C18H19N3O4S. The molecule has 0 aliphatic carbocycles. The summed E-state index contributed by atoms with van der Waals surface area (Å²) in [6.07, 6.45) is 1.57. The number of rotatable bonds is 7. The Kier molecular flexibility index (Phi) is 5.62. The van der Waals surface area contributed by atoms with Gasteiger partial charge in [-0.2, -0.15) is 0 Å². The molecule has 3 aromatic rings. The van der Waals surface area contributed by atoms with Gasteiger partial charge in [0.1, 0.15) is 11.5 Å². The molecule has 0 bridgehead atoms. The number of nitrogens with zero attached hydrogens (tertiary/aromatic N) is 2. The molecule has 1 N–H and O–H groups in total. The van der Waals surface area contributed by atoms with E-state index in [2.05, 4.69) is 15.5 Å². The van der Waals surface area contributed by atoms with E-state index in [-0.39, 0.29) is 11.2 Å².